The largest absolute Gasteiger partial charge is 0.390 e. The van der Waals surface area contributed by atoms with Gasteiger partial charge in [-0.1, -0.05) is 0 Å². The Kier molecular flexibility index (Phi) is 4.96. The minimum atomic E-state index is -0.418. The second-order valence-corrected chi connectivity index (χ2v) is 5.56. The van der Waals surface area contributed by atoms with E-state index in [-0.39, 0.29) is 6.10 Å². The van der Waals surface area contributed by atoms with Gasteiger partial charge in [-0.25, -0.2) is 4.98 Å². The molecule has 1 aliphatic heterocycles. The van der Waals surface area contributed by atoms with Gasteiger partial charge in [-0.3, -0.25) is 4.90 Å². The molecule has 1 fully saturated rings. The minimum absolute atomic E-state index is 0.0728. The molecule has 19 heavy (non-hydrogen) atoms. The van der Waals surface area contributed by atoms with Gasteiger partial charge in [0, 0.05) is 45.0 Å². The molecule has 0 spiro atoms. The quantitative estimate of drug-likeness (QED) is 0.858. The van der Waals surface area contributed by atoms with E-state index in [1.807, 2.05) is 17.8 Å². The Morgan fingerprint density at radius 2 is 2.32 bits per heavy atom. The zero-order chi connectivity index (χ0) is 13.8. The van der Waals surface area contributed by atoms with Crippen molar-refractivity contribution in [1.29, 1.82) is 0 Å². The summed E-state index contributed by atoms with van der Waals surface area (Å²) in [6.07, 6.45) is 4.71. The number of aliphatic hydroxyl groups excluding tert-OH is 1. The lowest BCUT2D eigenvalue weighted by Gasteiger charge is -2.37. The second kappa shape index (κ2) is 6.50. The summed E-state index contributed by atoms with van der Waals surface area (Å²) >= 11 is 0. The van der Waals surface area contributed by atoms with Crippen LogP contribution >= 0.6 is 0 Å². The Hall–Kier alpha value is -0.910. The molecule has 2 heterocycles. The first-order chi connectivity index (χ1) is 9.08. The lowest BCUT2D eigenvalue weighted by molar-refractivity contribution is -0.0963. The number of morpholine rings is 1. The van der Waals surface area contributed by atoms with Crippen LogP contribution in [0.25, 0.3) is 0 Å². The van der Waals surface area contributed by atoms with E-state index in [1.165, 1.54) is 0 Å². The molecule has 0 bridgehead atoms. The van der Waals surface area contributed by atoms with Crippen molar-refractivity contribution in [2.24, 2.45) is 7.05 Å². The fourth-order valence-electron chi connectivity index (χ4n) is 2.50. The second-order valence-electron chi connectivity index (χ2n) is 5.56. The molecule has 1 aromatic heterocycles. The molecule has 5 nitrogen and oxygen atoms in total. The fraction of sp³-hybridized carbons (Fsp3) is 0.786. The molecule has 0 saturated carbocycles. The Morgan fingerprint density at radius 3 is 2.95 bits per heavy atom. The van der Waals surface area contributed by atoms with Crippen LogP contribution in [0.5, 0.6) is 0 Å². The van der Waals surface area contributed by atoms with Gasteiger partial charge < -0.3 is 14.4 Å². The third-order valence-electron chi connectivity index (χ3n) is 3.87. The number of ether oxygens (including phenoxy) is 1. The van der Waals surface area contributed by atoms with E-state index in [9.17, 15) is 5.11 Å². The van der Waals surface area contributed by atoms with Crippen LogP contribution in [0.15, 0.2) is 12.4 Å². The number of hydrogen-bond donors (Lipinski definition) is 1. The van der Waals surface area contributed by atoms with Gasteiger partial charge in [-0.15, -0.1) is 0 Å². The highest BCUT2D eigenvalue weighted by atomic mass is 16.5. The molecule has 2 unspecified atom stereocenters. The maximum Gasteiger partial charge on any atom is 0.108 e. The van der Waals surface area contributed by atoms with Crippen LogP contribution in [0.4, 0.5) is 0 Å². The highest BCUT2D eigenvalue weighted by Crippen LogP contribution is 2.15. The first-order valence-electron chi connectivity index (χ1n) is 7.08. The van der Waals surface area contributed by atoms with Gasteiger partial charge in [0.1, 0.15) is 5.82 Å². The van der Waals surface area contributed by atoms with Gasteiger partial charge in [0.2, 0.25) is 0 Å². The summed E-state index contributed by atoms with van der Waals surface area (Å²) in [6, 6.07) is 0.508. The number of aryl methyl sites for hydroxylation is 2. The van der Waals surface area contributed by atoms with E-state index in [0.717, 1.165) is 25.3 Å². The Morgan fingerprint density at radius 1 is 1.53 bits per heavy atom. The van der Waals surface area contributed by atoms with E-state index in [2.05, 4.69) is 23.7 Å². The topological polar surface area (TPSA) is 50.5 Å². The number of imidazole rings is 1. The number of nitrogens with zero attached hydrogens (tertiary/aromatic N) is 3. The van der Waals surface area contributed by atoms with Gasteiger partial charge in [0.05, 0.1) is 18.8 Å². The highest BCUT2D eigenvalue weighted by Gasteiger charge is 2.27. The van der Waals surface area contributed by atoms with Crippen LogP contribution in [0, 0.1) is 0 Å². The first kappa shape index (κ1) is 14.5. The minimum Gasteiger partial charge on any atom is -0.390 e. The maximum atomic E-state index is 10.3. The highest BCUT2D eigenvalue weighted by molar-refractivity contribution is 4.92. The van der Waals surface area contributed by atoms with Crippen LogP contribution in [-0.2, 0) is 18.2 Å². The van der Waals surface area contributed by atoms with Crippen LogP contribution in [-0.4, -0.2) is 57.5 Å². The fourth-order valence-corrected chi connectivity index (χ4v) is 2.50. The Bertz CT molecular complexity index is 392. The molecule has 1 N–H and O–H groups in total. The van der Waals surface area contributed by atoms with Crippen molar-refractivity contribution in [3.8, 4) is 0 Å². The molecule has 2 rings (SSSR count). The van der Waals surface area contributed by atoms with Crippen LogP contribution < -0.4 is 0 Å². The molecule has 1 aliphatic rings. The summed E-state index contributed by atoms with van der Waals surface area (Å²) in [5.74, 6) is 1.01. The third-order valence-corrected chi connectivity index (χ3v) is 3.87. The van der Waals surface area contributed by atoms with Crippen LogP contribution in [0.3, 0.4) is 0 Å². The molecular weight excluding hydrogens is 242 g/mol. The zero-order valence-electron chi connectivity index (χ0n) is 12.1. The Labute approximate surface area is 115 Å². The van der Waals surface area contributed by atoms with Gasteiger partial charge in [-0.2, -0.15) is 0 Å². The summed E-state index contributed by atoms with van der Waals surface area (Å²) in [7, 11) is 1.98. The van der Waals surface area contributed by atoms with Crippen molar-refractivity contribution in [3.05, 3.63) is 18.2 Å². The average Bonchev–Trinajstić information content (AvgIpc) is 2.81. The summed E-state index contributed by atoms with van der Waals surface area (Å²) in [5, 5.41) is 10.3. The van der Waals surface area contributed by atoms with Gasteiger partial charge in [0.25, 0.3) is 0 Å². The van der Waals surface area contributed by atoms with Crippen molar-refractivity contribution in [2.45, 2.75) is 44.9 Å². The third kappa shape index (κ3) is 3.78. The summed E-state index contributed by atoms with van der Waals surface area (Å²) in [4.78, 5) is 6.64. The SMILES string of the molecule is CC(C)N1CCOC(C(O)CCc2nccn2C)C1. The molecule has 0 amide bonds. The maximum absolute atomic E-state index is 10.3. The van der Waals surface area contributed by atoms with Gasteiger partial charge in [0.15, 0.2) is 0 Å². The van der Waals surface area contributed by atoms with Crippen molar-refractivity contribution in [3.63, 3.8) is 0 Å². The molecule has 0 aliphatic carbocycles. The molecule has 1 saturated heterocycles. The number of aromatic nitrogens is 2. The van der Waals surface area contributed by atoms with Crippen molar-refractivity contribution in [2.75, 3.05) is 19.7 Å². The lowest BCUT2D eigenvalue weighted by atomic mass is 10.1. The number of rotatable bonds is 5. The van der Waals surface area contributed by atoms with Crippen LogP contribution in [0.1, 0.15) is 26.1 Å². The summed E-state index contributed by atoms with van der Waals surface area (Å²) < 4.78 is 7.70. The van der Waals surface area contributed by atoms with Gasteiger partial charge >= 0.3 is 0 Å². The molecular formula is C14H25N3O2. The standard InChI is InChI=1S/C14H25N3O2/c1-11(2)17-8-9-19-13(10-17)12(18)4-5-14-15-6-7-16(14)3/h6-7,11-13,18H,4-5,8-10H2,1-3H3. The predicted octanol–water partition coefficient (Wildman–Crippen LogP) is 0.823. The summed E-state index contributed by atoms with van der Waals surface area (Å²) in [5.41, 5.74) is 0. The molecule has 5 heteroatoms. The van der Waals surface area contributed by atoms with Crippen molar-refractivity contribution < 1.29 is 9.84 Å². The smallest absolute Gasteiger partial charge is 0.108 e. The van der Waals surface area contributed by atoms with E-state index >= 15 is 0 Å². The predicted molar refractivity (Wildman–Crippen MR) is 74.0 cm³/mol. The molecule has 2 atom stereocenters. The van der Waals surface area contributed by atoms with Crippen LogP contribution in [0.2, 0.25) is 0 Å². The zero-order valence-corrected chi connectivity index (χ0v) is 12.1. The molecule has 108 valence electrons. The monoisotopic (exact) mass is 267 g/mol. The number of hydrogen-bond acceptors (Lipinski definition) is 4. The lowest BCUT2D eigenvalue weighted by Crippen LogP contribution is -2.50. The average molecular weight is 267 g/mol. The normalized spacial score (nSPS) is 22.9. The van der Waals surface area contributed by atoms with Crippen molar-refractivity contribution >= 4 is 0 Å². The van der Waals surface area contributed by atoms with E-state index < -0.39 is 6.10 Å². The number of aliphatic hydroxyl groups is 1. The van der Waals surface area contributed by atoms with E-state index in [0.29, 0.717) is 19.1 Å². The molecule has 0 radical (unpaired) electrons. The van der Waals surface area contributed by atoms with Crippen molar-refractivity contribution in [1.82, 2.24) is 14.5 Å². The molecule has 1 aromatic rings. The Balaban J connectivity index is 1.82. The van der Waals surface area contributed by atoms with E-state index in [4.69, 9.17) is 4.74 Å². The molecule has 0 aromatic carbocycles. The van der Waals surface area contributed by atoms with E-state index in [1.54, 1.807) is 6.20 Å². The first-order valence-corrected chi connectivity index (χ1v) is 7.08. The summed E-state index contributed by atoms with van der Waals surface area (Å²) in [6.45, 7) is 6.85. The van der Waals surface area contributed by atoms with Gasteiger partial charge in [-0.05, 0) is 20.3 Å².